The highest BCUT2D eigenvalue weighted by Gasteiger charge is 2.27. The lowest BCUT2D eigenvalue weighted by Crippen LogP contribution is -2.38. The zero-order valence-electron chi connectivity index (χ0n) is 12.8. The molecule has 0 atom stereocenters. The van der Waals surface area contributed by atoms with E-state index >= 15 is 0 Å². The molecule has 1 aromatic rings. The number of aryl methyl sites for hydroxylation is 1. The minimum atomic E-state index is -0.744. The summed E-state index contributed by atoms with van der Waals surface area (Å²) in [6.45, 7) is 0. The van der Waals surface area contributed by atoms with Crippen molar-refractivity contribution < 1.29 is 19.5 Å². The molecule has 0 bridgehead atoms. The number of benzene rings is 1. The third kappa shape index (κ3) is 3.52. The maximum Gasteiger partial charge on any atom is 0.306 e. The topological polar surface area (TPSA) is 95.5 Å². The largest absolute Gasteiger partial charge is 0.481 e. The number of hydrogen-bond donors (Lipinski definition) is 3. The van der Waals surface area contributed by atoms with Crippen LogP contribution >= 0.6 is 0 Å². The molecule has 1 aliphatic heterocycles. The van der Waals surface area contributed by atoms with Gasteiger partial charge in [0, 0.05) is 23.7 Å². The summed E-state index contributed by atoms with van der Waals surface area (Å²) in [6.07, 6.45) is 3.70. The number of carboxylic acid groups (broad SMARTS) is 1. The summed E-state index contributed by atoms with van der Waals surface area (Å²) in [5.41, 5.74) is 2.34. The molecule has 1 fully saturated rings. The average Bonchev–Trinajstić information content (AvgIpc) is 2.54. The van der Waals surface area contributed by atoms with Crippen LogP contribution in [0.2, 0.25) is 0 Å². The van der Waals surface area contributed by atoms with Gasteiger partial charge in [-0.3, -0.25) is 14.4 Å². The molecule has 1 saturated carbocycles. The second kappa shape index (κ2) is 6.40. The number of amides is 2. The Kier molecular flexibility index (Phi) is 4.32. The Bertz CT molecular complexity index is 648. The molecule has 2 aliphatic rings. The van der Waals surface area contributed by atoms with E-state index in [2.05, 4.69) is 10.6 Å². The predicted octanol–water partition coefficient (Wildman–Crippen LogP) is 1.94. The van der Waals surface area contributed by atoms with Gasteiger partial charge in [-0.2, -0.15) is 0 Å². The molecule has 6 heteroatoms. The van der Waals surface area contributed by atoms with Gasteiger partial charge in [0.2, 0.25) is 5.91 Å². The minimum absolute atomic E-state index is 0.00453. The maximum absolute atomic E-state index is 12.4. The van der Waals surface area contributed by atoms with E-state index in [4.69, 9.17) is 5.11 Å². The lowest BCUT2D eigenvalue weighted by molar-refractivity contribution is -0.142. The Morgan fingerprint density at radius 3 is 2.57 bits per heavy atom. The Labute approximate surface area is 134 Å². The van der Waals surface area contributed by atoms with Crippen molar-refractivity contribution in [1.82, 2.24) is 5.32 Å². The molecule has 6 nitrogen and oxygen atoms in total. The highest BCUT2D eigenvalue weighted by atomic mass is 16.4. The van der Waals surface area contributed by atoms with Gasteiger partial charge in [-0.05, 0) is 55.9 Å². The van der Waals surface area contributed by atoms with Crippen molar-refractivity contribution >= 4 is 23.5 Å². The van der Waals surface area contributed by atoms with E-state index in [1.807, 2.05) is 6.07 Å². The number of aliphatic carboxylic acids is 1. The normalized spacial score (nSPS) is 23.6. The zero-order valence-corrected chi connectivity index (χ0v) is 12.8. The van der Waals surface area contributed by atoms with Crippen LogP contribution in [-0.2, 0) is 16.0 Å². The molecule has 0 saturated heterocycles. The number of anilines is 1. The van der Waals surface area contributed by atoms with Crippen molar-refractivity contribution in [2.75, 3.05) is 5.32 Å². The molecular formula is C17H20N2O4. The standard InChI is InChI=1S/C17H20N2O4/c20-15-8-4-11-9-12(3-7-14(11)19-15)16(21)18-13-5-1-10(2-6-13)17(22)23/h3,7,9-10,13H,1-2,4-6,8H2,(H,18,21)(H,19,20)(H,22,23). The van der Waals surface area contributed by atoms with Crippen molar-refractivity contribution in [2.45, 2.75) is 44.6 Å². The van der Waals surface area contributed by atoms with E-state index in [0.29, 0.717) is 44.1 Å². The molecule has 2 amide bonds. The van der Waals surface area contributed by atoms with Crippen LogP contribution in [0.25, 0.3) is 0 Å². The number of rotatable bonds is 3. The van der Waals surface area contributed by atoms with Gasteiger partial charge in [-0.1, -0.05) is 0 Å². The first-order valence-electron chi connectivity index (χ1n) is 7.99. The molecule has 0 spiro atoms. The molecule has 1 aliphatic carbocycles. The highest BCUT2D eigenvalue weighted by Crippen LogP contribution is 2.26. The molecule has 1 aromatic carbocycles. The second-order valence-electron chi connectivity index (χ2n) is 6.28. The number of carboxylic acids is 1. The summed E-state index contributed by atoms with van der Waals surface area (Å²) in [4.78, 5) is 34.7. The molecule has 3 rings (SSSR count). The van der Waals surface area contributed by atoms with Gasteiger partial charge in [-0.25, -0.2) is 0 Å². The van der Waals surface area contributed by atoms with Crippen molar-refractivity contribution in [1.29, 1.82) is 0 Å². The lowest BCUT2D eigenvalue weighted by Gasteiger charge is -2.27. The molecule has 1 heterocycles. The van der Waals surface area contributed by atoms with Gasteiger partial charge < -0.3 is 15.7 Å². The van der Waals surface area contributed by atoms with Crippen LogP contribution in [-0.4, -0.2) is 28.9 Å². The van der Waals surface area contributed by atoms with Crippen molar-refractivity contribution in [3.05, 3.63) is 29.3 Å². The molecule has 23 heavy (non-hydrogen) atoms. The molecule has 0 unspecified atom stereocenters. The van der Waals surface area contributed by atoms with Crippen molar-refractivity contribution in [3.63, 3.8) is 0 Å². The van der Waals surface area contributed by atoms with Crippen LogP contribution < -0.4 is 10.6 Å². The van der Waals surface area contributed by atoms with Gasteiger partial charge in [0.05, 0.1) is 5.92 Å². The van der Waals surface area contributed by atoms with Crippen molar-refractivity contribution in [3.8, 4) is 0 Å². The van der Waals surface area contributed by atoms with Gasteiger partial charge in [-0.15, -0.1) is 0 Å². The first-order chi connectivity index (χ1) is 11.0. The molecule has 3 N–H and O–H groups in total. The number of hydrogen-bond acceptors (Lipinski definition) is 3. The van der Waals surface area contributed by atoms with Gasteiger partial charge in [0.25, 0.3) is 5.91 Å². The molecule has 0 aromatic heterocycles. The highest BCUT2D eigenvalue weighted by molar-refractivity contribution is 5.98. The summed E-state index contributed by atoms with van der Waals surface area (Å²) >= 11 is 0. The van der Waals surface area contributed by atoms with Crippen LogP contribution in [0.1, 0.15) is 48.0 Å². The van der Waals surface area contributed by atoms with Crippen LogP contribution in [0.5, 0.6) is 0 Å². The molecular weight excluding hydrogens is 296 g/mol. The Morgan fingerprint density at radius 1 is 1.13 bits per heavy atom. The first-order valence-corrected chi connectivity index (χ1v) is 7.99. The number of carbonyl (C=O) groups excluding carboxylic acids is 2. The fourth-order valence-corrected chi connectivity index (χ4v) is 3.28. The summed E-state index contributed by atoms with van der Waals surface area (Å²) in [5.74, 6) is -1.16. The first kappa shape index (κ1) is 15.5. The van der Waals surface area contributed by atoms with Gasteiger partial charge in [0.1, 0.15) is 0 Å². The quantitative estimate of drug-likeness (QED) is 0.794. The summed E-state index contributed by atoms with van der Waals surface area (Å²) in [7, 11) is 0. The summed E-state index contributed by atoms with van der Waals surface area (Å²) in [5, 5.41) is 14.8. The minimum Gasteiger partial charge on any atom is -0.481 e. The fraction of sp³-hybridized carbons (Fsp3) is 0.471. The van der Waals surface area contributed by atoms with Crippen LogP contribution in [0, 0.1) is 5.92 Å². The third-order valence-electron chi connectivity index (χ3n) is 4.67. The van der Waals surface area contributed by atoms with Crippen LogP contribution in [0.15, 0.2) is 18.2 Å². The van der Waals surface area contributed by atoms with E-state index in [1.54, 1.807) is 12.1 Å². The Hall–Kier alpha value is -2.37. The summed E-state index contributed by atoms with van der Waals surface area (Å²) < 4.78 is 0. The molecule has 0 radical (unpaired) electrons. The Morgan fingerprint density at radius 2 is 1.87 bits per heavy atom. The molecule has 122 valence electrons. The number of fused-ring (bicyclic) bond motifs is 1. The SMILES string of the molecule is O=C1CCc2cc(C(=O)NC3CCC(C(=O)O)CC3)ccc2N1. The van der Waals surface area contributed by atoms with Crippen molar-refractivity contribution in [2.24, 2.45) is 5.92 Å². The van der Waals surface area contributed by atoms with Crippen LogP contribution in [0.3, 0.4) is 0 Å². The zero-order chi connectivity index (χ0) is 16.4. The predicted molar refractivity (Wildman–Crippen MR) is 84.2 cm³/mol. The third-order valence-corrected chi connectivity index (χ3v) is 4.67. The smallest absolute Gasteiger partial charge is 0.306 e. The van der Waals surface area contributed by atoms with E-state index in [0.717, 1.165) is 11.3 Å². The van der Waals surface area contributed by atoms with Gasteiger partial charge >= 0.3 is 5.97 Å². The average molecular weight is 316 g/mol. The number of carbonyl (C=O) groups is 3. The van der Waals surface area contributed by atoms with Gasteiger partial charge in [0.15, 0.2) is 0 Å². The lowest BCUT2D eigenvalue weighted by atomic mass is 9.86. The van der Waals surface area contributed by atoms with Crippen LogP contribution in [0.4, 0.5) is 5.69 Å². The van der Waals surface area contributed by atoms with E-state index < -0.39 is 5.97 Å². The monoisotopic (exact) mass is 316 g/mol. The van der Waals surface area contributed by atoms with E-state index in [9.17, 15) is 14.4 Å². The van der Waals surface area contributed by atoms with E-state index in [1.165, 1.54) is 0 Å². The Balaban J connectivity index is 1.61. The number of nitrogens with one attached hydrogen (secondary N) is 2. The summed E-state index contributed by atoms with van der Waals surface area (Å²) in [6, 6.07) is 5.34. The fourth-order valence-electron chi connectivity index (χ4n) is 3.28. The van der Waals surface area contributed by atoms with E-state index in [-0.39, 0.29) is 23.8 Å². The maximum atomic E-state index is 12.4. The second-order valence-corrected chi connectivity index (χ2v) is 6.28.